The number of carbonyl (C=O) groups is 2. The molecule has 0 aliphatic carbocycles. The van der Waals surface area contributed by atoms with Crippen LogP contribution < -0.4 is 10.1 Å². The Morgan fingerprint density at radius 1 is 1.16 bits per heavy atom. The van der Waals surface area contributed by atoms with Gasteiger partial charge in [-0.3, -0.25) is 4.79 Å². The lowest BCUT2D eigenvalue weighted by atomic mass is 10.2. The number of morpholine rings is 1. The molecule has 0 atom stereocenters. The number of carbonyl (C=O) groups excluding carboxylic acids is 2. The lowest BCUT2D eigenvalue weighted by molar-refractivity contribution is -0.119. The average Bonchev–Trinajstić information content (AvgIpc) is 2.80. The van der Waals surface area contributed by atoms with E-state index in [1.54, 1.807) is 19.1 Å². The van der Waals surface area contributed by atoms with Crippen LogP contribution in [0.25, 0.3) is 0 Å². The lowest BCUT2D eigenvalue weighted by Gasteiger charge is -2.26. The second kappa shape index (κ2) is 10.3. The topological polar surface area (TPSA) is 111 Å². The van der Waals surface area contributed by atoms with Crippen LogP contribution in [0.1, 0.15) is 15.9 Å². The minimum atomic E-state index is -3.66. The van der Waals surface area contributed by atoms with E-state index >= 15 is 0 Å². The molecule has 0 unspecified atom stereocenters. The monoisotopic (exact) mass is 482 g/mol. The summed E-state index contributed by atoms with van der Waals surface area (Å²) in [6.07, 6.45) is 0. The van der Waals surface area contributed by atoms with E-state index in [1.807, 2.05) is 0 Å². The van der Waals surface area contributed by atoms with Crippen molar-refractivity contribution in [2.24, 2.45) is 0 Å². The van der Waals surface area contributed by atoms with E-state index in [4.69, 9.17) is 25.8 Å². The molecule has 0 saturated carbocycles. The van der Waals surface area contributed by atoms with Gasteiger partial charge in [0, 0.05) is 24.2 Å². The summed E-state index contributed by atoms with van der Waals surface area (Å²) < 4.78 is 42.0. The Kier molecular flexibility index (Phi) is 7.73. The predicted octanol–water partition coefficient (Wildman–Crippen LogP) is 2.47. The number of sulfonamides is 1. The van der Waals surface area contributed by atoms with Gasteiger partial charge in [0.15, 0.2) is 6.61 Å². The van der Waals surface area contributed by atoms with Crippen molar-refractivity contribution in [2.75, 3.05) is 45.3 Å². The fourth-order valence-electron chi connectivity index (χ4n) is 3.03. The molecule has 1 amide bonds. The number of anilines is 1. The highest BCUT2D eigenvalue weighted by Gasteiger charge is 2.26. The Hall–Kier alpha value is -2.66. The standard InChI is InChI=1S/C21H23ClN2O7S/c1-14-11-18(19(29-2)12-17(14)22)23-20(25)13-31-21(26)15-3-5-16(6-4-15)32(27,28)24-7-9-30-10-8-24/h3-6,11-12H,7-10,13H2,1-2H3,(H,23,25). The number of hydrogen-bond acceptors (Lipinski definition) is 7. The molecule has 0 spiro atoms. The zero-order valence-electron chi connectivity index (χ0n) is 17.6. The van der Waals surface area contributed by atoms with Crippen LogP contribution in [0.15, 0.2) is 41.3 Å². The molecule has 1 aliphatic rings. The van der Waals surface area contributed by atoms with Gasteiger partial charge in [-0.15, -0.1) is 0 Å². The third-order valence-corrected chi connectivity index (χ3v) is 7.11. The van der Waals surface area contributed by atoms with Crippen LogP contribution in [-0.4, -0.2) is 64.6 Å². The average molecular weight is 483 g/mol. The summed E-state index contributed by atoms with van der Waals surface area (Å²) in [4.78, 5) is 24.5. The Morgan fingerprint density at radius 3 is 2.44 bits per heavy atom. The van der Waals surface area contributed by atoms with Gasteiger partial charge >= 0.3 is 5.97 Å². The molecule has 0 bridgehead atoms. The smallest absolute Gasteiger partial charge is 0.338 e. The molecular weight excluding hydrogens is 460 g/mol. The van der Waals surface area contributed by atoms with Gasteiger partial charge in [0.25, 0.3) is 5.91 Å². The number of rotatable bonds is 7. The lowest BCUT2D eigenvalue weighted by Crippen LogP contribution is -2.40. The number of amides is 1. The van der Waals surface area contributed by atoms with Gasteiger partial charge in [-0.2, -0.15) is 4.31 Å². The van der Waals surface area contributed by atoms with Crippen LogP contribution >= 0.6 is 11.6 Å². The number of nitrogens with one attached hydrogen (secondary N) is 1. The van der Waals surface area contributed by atoms with Crippen LogP contribution in [0.2, 0.25) is 5.02 Å². The fourth-order valence-corrected chi connectivity index (χ4v) is 4.59. The van der Waals surface area contributed by atoms with E-state index in [0.717, 1.165) is 5.56 Å². The van der Waals surface area contributed by atoms with Gasteiger partial charge in [-0.1, -0.05) is 11.6 Å². The molecule has 32 heavy (non-hydrogen) atoms. The van der Waals surface area contributed by atoms with E-state index < -0.39 is 28.5 Å². The molecule has 1 fully saturated rings. The van der Waals surface area contributed by atoms with Crippen molar-refractivity contribution in [3.05, 3.63) is 52.5 Å². The molecule has 11 heteroatoms. The van der Waals surface area contributed by atoms with Crippen molar-refractivity contribution in [3.63, 3.8) is 0 Å². The summed E-state index contributed by atoms with van der Waals surface area (Å²) >= 11 is 6.05. The zero-order valence-corrected chi connectivity index (χ0v) is 19.2. The summed E-state index contributed by atoms with van der Waals surface area (Å²) in [7, 11) is -2.22. The van der Waals surface area contributed by atoms with Crippen molar-refractivity contribution in [1.29, 1.82) is 0 Å². The zero-order chi connectivity index (χ0) is 23.3. The second-order valence-corrected chi connectivity index (χ2v) is 9.31. The maximum absolute atomic E-state index is 12.6. The molecule has 0 radical (unpaired) electrons. The number of ether oxygens (including phenoxy) is 3. The van der Waals surface area contributed by atoms with Crippen LogP contribution in [0.3, 0.4) is 0 Å². The van der Waals surface area contributed by atoms with E-state index in [9.17, 15) is 18.0 Å². The number of hydrogen-bond donors (Lipinski definition) is 1. The largest absolute Gasteiger partial charge is 0.495 e. The first kappa shape index (κ1) is 24.0. The summed E-state index contributed by atoms with van der Waals surface area (Å²) in [5.74, 6) is -0.947. The Balaban J connectivity index is 1.59. The SMILES string of the molecule is COc1cc(Cl)c(C)cc1NC(=O)COC(=O)c1ccc(S(=O)(=O)N2CCOCC2)cc1. The van der Waals surface area contributed by atoms with Crippen LogP contribution in [0.5, 0.6) is 5.75 Å². The Labute approximate surface area is 191 Å². The molecule has 9 nitrogen and oxygen atoms in total. The van der Waals surface area contributed by atoms with Gasteiger partial charge in [0.05, 0.1) is 36.5 Å². The first-order chi connectivity index (χ1) is 15.2. The van der Waals surface area contributed by atoms with Crippen molar-refractivity contribution >= 4 is 39.2 Å². The van der Waals surface area contributed by atoms with E-state index in [1.165, 1.54) is 35.7 Å². The first-order valence-electron chi connectivity index (χ1n) is 9.71. The molecule has 1 heterocycles. The Morgan fingerprint density at radius 2 is 1.81 bits per heavy atom. The molecule has 0 aromatic heterocycles. The maximum Gasteiger partial charge on any atom is 0.338 e. The first-order valence-corrected chi connectivity index (χ1v) is 11.5. The second-order valence-electron chi connectivity index (χ2n) is 6.97. The van der Waals surface area contributed by atoms with Gasteiger partial charge in [-0.25, -0.2) is 13.2 Å². The molecule has 2 aromatic rings. The van der Waals surface area contributed by atoms with E-state index in [-0.39, 0.29) is 23.5 Å². The third-order valence-electron chi connectivity index (χ3n) is 4.79. The van der Waals surface area contributed by atoms with Crippen molar-refractivity contribution in [2.45, 2.75) is 11.8 Å². The molecular formula is C21H23ClN2O7S. The van der Waals surface area contributed by atoms with E-state index in [2.05, 4.69) is 5.32 Å². The number of nitrogens with zero attached hydrogens (tertiary/aromatic N) is 1. The van der Waals surface area contributed by atoms with Crippen LogP contribution in [-0.2, 0) is 24.3 Å². The quantitative estimate of drug-likeness (QED) is 0.603. The van der Waals surface area contributed by atoms with Gasteiger partial charge in [0.1, 0.15) is 5.75 Å². The maximum atomic E-state index is 12.6. The molecule has 2 aromatic carbocycles. The normalized spacial score (nSPS) is 14.6. The highest BCUT2D eigenvalue weighted by atomic mass is 35.5. The number of esters is 1. The summed E-state index contributed by atoms with van der Waals surface area (Å²) in [5, 5.41) is 3.10. The number of aryl methyl sites for hydroxylation is 1. The van der Waals surface area contributed by atoms with Crippen molar-refractivity contribution < 1.29 is 32.2 Å². The molecule has 1 aliphatic heterocycles. The predicted molar refractivity (Wildman–Crippen MR) is 118 cm³/mol. The van der Waals surface area contributed by atoms with Gasteiger partial charge in [0.2, 0.25) is 10.0 Å². The highest BCUT2D eigenvalue weighted by Crippen LogP contribution is 2.30. The summed E-state index contributed by atoms with van der Waals surface area (Å²) in [6.45, 7) is 2.48. The third kappa shape index (κ3) is 5.57. The Bertz CT molecular complexity index is 1100. The van der Waals surface area contributed by atoms with Crippen LogP contribution in [0.4, 0.5) is 5.69 Å². The van der Waals surface area contributed by atoms with Crippen molar-refractivity contribution in [1.82, 2.24) is 4.31 Å². The molecule has 1 saturated heterocycles. The van der Waals surface area contributed by atoms with Gasteiger partial charge < -0.3 is 19.5 Å². The minimum absolute atomic E-state index is 0.0684. The van der Waals surface area contributed by atoms with E-state index in [0.29, 0.717) is 29.7 Å². The van der Waals surface area contributed by atoms with Crippen LogP contribution in [0, 0.1) is 6.92 Å². The number of halogens is 1. The molecule has 1 N–H and O–H groups in total. The highest BCUT2D eigenvalue weighted by molar-refractivity contribution is 7.89. The number of benzene rings is 2. The van der Waals surface area contributed by atoms with Gasteiger partial charge in [-0.05, 0) is 42.8 Å². The molecule has 172 valence electrons. The summed E-state index contributed by atoms with van der Waals surface area (Å²) in [5.41, 5.74) is 1.26. The number of methoxy groups -OCH3 is 1. The minimum Gasteiger partial charge on any atom is -0.495 e. The van der Waals surface area contributed by atoms with Crippen molar-refractivity contribution in [3.8, 4) is 5.75 Å². The molecule has 3 rings (SSSR count). The fraction of sp³-hybridized carbons (Fsp3) is 0.333. The summed E-state index contributed by atoms with van der Waals surface area (Å²) in [6, 6.07) is 8.59.